The highest BCUT2D eigenvalue weighted by molar-refractivity contribution is 5.88. The first-order chi connectivity index (χ1) is 8.69. The summed E-state index contributed by atoms with van der Waals surface area (Å²) in [7, 11) is 1.46. The van der Waals surface area contributed by atoms with E-state index in [-0.39, 0.29) is 11.9 Å². The monoisotopic (exact) mass is 247 g/mol. The van der Waals surface area contributed by atoms with Crippen LogP contribution in [0.5, 0.6) is 0 Å². The zero-order valence-corrected chi connectivity index (χ0v) is 10.3. The minimum atomic E-state index is -0.269. The second-order valence-electron chi connectivity index (χ2n) is 3.87. The summed E-state index contributed by atoms with van der Waals surface area (Å²) >= 11 is 0. The van der Waals surface area contributed by atoms with E-state index in [2.05, 4.69) is 21.7 Å². The van der Waals surface area contributed by atoms with Crippen molar-refractivity contribution in [3.8, 4) is 0 Å². The molecule has 1 aromatic heterocycles. The van der Waals surface area contributed by atoms with Gasteiger partial charge in [-0.15, -0.1) is 0 Å². The molecule has 1 atom stereocenters. The van der Waals surface area contributed by atoms with Gasteiger partial charge in [0.1, 0.15) is 19.3 Å². The molecule has 0 bridgehead atoms. The zero-order valence-electron chi connectivity index (χ0n) is 10.3. The molecule has 0 spiro atoms. The number of nitrogens with zero attached hydrogens (tertiary/aromatic N) is 3. The molecule has 2 rings (SSSR count). The molecule has 1 aromatic carbocycles. The maximum atomic E-state index is 13.7. The van der Waals surface area contributed by atoms with E-state index in [4.69, 9.17) is 0 Å². The van der Waals surface area contributed by atoms with Crippen molar-refractivity contribution in [2.75, 3.05) is 7.11 Å². The molecule has 0 fully saturated rings. The first-order valence-corrected chi connectivity index (χ1v) is 5.51. The van der Waals surface area contributed by atoms with Gasteiger partial charge in [0.2, 0.25) is 0 Å². The van der Waals surface area contributed by atoms with Gasteiger partial charge < -0.3 is 4.84 Å². The van der Waals surface area contributed by atoms with Crippen molar-refractivity contribution < 1.29 is 9.23 Å². The number of oxime groups is 1. The fourth-order valence-corrected chi connectivity index (χ4v) is 1.87. The third kappa shape index (κ3) is 1.99. The lowest BCUT2D eigenvalue weighted by Crippen LogP contribution is -2.03. The van der Waals surface area contributed by atoms with Crippen molar-refractivity contribution in [2.45, 2.75) is 13.0 Å². The molecular weight excluding hydrogens is 233 g/mol. The van der Waals surface area contributed by atoms with Crippen LogP contribution in [0.2, 0.25) is 0 Å². The van der Waals surface area contributed by atoms with Crippen molar-refractivity contribution in [1.29, 1.82) is 0 Å². The number of hydrogen-bond donors (Lipinski definition) is 0. The van der Waals surface area contributed by atoms with Gasteiger partial charge in [0.25, 0.3) is 0 Å². The molecular formula is C13H14FN3O. The van der Waals surface area contributed by atoms with Crippen LogP contribution in [0.15, 0.2) is 34.4 Å². The summed E-state index contributed by atoms with van der Waals surface area (Å²) in [5.41, 5.74) is 1.53. The number of aliphatic imine (C=N–C) groups is 1. The molecule has 1 unspecified atom stereocenters. The summed E-state index contributed by atoms with van der Waals surface area (Å²) in [6, 6.07) is 6.51. The van der Waals surface area contributed by atoms with Gasteiger partial charge in [0, 0.05) is 11.1 Å². The number of fused-ring (bicyclic) bond motifs is 1. The summed E-state index contributed by atoms with van der Waals surface area (Å²) in [4.78, 5) is 8.63. The van der Waals surface area contributed by atoms with E-state index in [0.29, 0.717) is 5.39 Å². The van der Waals surface area contributed by atoms with Gasteiger partial charge in [-0.1, -0.05) is 11.2 Å². The molecule has 0 aliphatic heterocycles. The van der Waals surface area contributed by atoms with Gasteiger partial charge >= 0.3 is 0 Å². The molecule has 1 heterocycles. The Morgan fingerprint density at radius 3 is 2.94 bits per heavy atom. The van der Waals surface area contributed by atoms with Crippen molar-refractivity contribution in [1.82, 2.24) is 4.57 Å². The van der Waals surface area contributed by atoms with Crippen LogP contribution in [0.4, 0.5) is 4.39 Å². The zero-order chi connectivity index (χ0) is 13.1. The van der Waals surface area contributed by atoms with Crippen LogP contribution in [0.1, 0.15) is 18.7 Å². The number of benzene rings is 1. The van der Waals surface area contributed by atoms with E-state index >= 15 is 0 Å². The summed E-state index contributed by atoms with van der Waals surface area (Å²) in [6.07, 6.45) is 1.50. The van der Waals surface area contributed by atoms with Crippen LogP contribution in [-0.4, -0.2) is 24.7 Å². The Labute approximate surface area is 104 Å². The maximum Gasteiger partial charge on any atom is 0.139 e. The van der Waals surface area contributed by atoms with Crippen LogP contribution in [0, 0.1) is 5.82 Å². The summed E-state index contributed by atoms with van der Waals surface area (Å²) in [5.74, 6) is -0.269. The summed E-state index contributed by atoms with van der Waals surface area (Å²) < 4.78 is 15.5. The van der Waals surface area contributed by atoms with Crippen LogP contribution < -0.4 is 0 Å². The Kier molecular flexibility index (Phi) is 3.41. The quantitative estimate of drug-likeness (QED) is 0.465. The molecule has 0 radical (unpaired) electrons. The molecule has 0 saturated carbocycles. The van der Waals surface area contributed by atoms with Crippen molar-refractivity contribution in [2.24, 2.45) is 10.1 Å². The third-order valence-electron chi connectivity index (χ3n) is 2.83. The molecule has 5 heteroatoms. The lowest BCUT2D eigenvalue weighted by Gasteiger charge is -2.07. The first-order valence-electron chi connectivity index (χ1n) is 5.51. The number of halogens is 1. The largest absolute Gasteiger partial charge is 0.398 e. The number of aromatic nitrogens is 1. The first kappa shape index (κ1) is 12.3. The highest BCUT2D eigenvalue weighted by Crippen LogP contribution is 2.26. The highest BCUT2D eigenvalue weighted by Gasteiger charge is 2.14. The minimum absolute atomic E-state index is 0.153. The van der Waals surface area contributed by atoms with Crippen molar-refractivity contribution in [3.63, 3.8) is 0 Å². The second kappa shape index (κ2) is 5.00. The SMILES string of the molecule is C=NC(C)c1cc2c(F)cccc2n1/C=N\OC. The molecule has 18 heavy (non-hydrogen) atoms. The van der Waals surface area contributed by atoms with Crippen molar-refractivity contribution in [3.05, 3.63) is 35.8 Å². The molecule has 0 saturated heterocycles. The standard InChI is InChI=1S/C13H14FN3O/c1-9(15-2)13-7-10-11(14)5-4-6-12(10)17(13)8-16-18-3/h4-9H,2H2,1,3H3/b16-8-. The summed E-state index contributed by atoms with van der Waals surface area (Å²) in [6.45, 7) is 5.40. The Bertz CT molecular complexity index is 604. The molecule has 0 amide bonds. The van der Waals surface area contributed by atoms with E-state index < -0.39 is 0 Å². The molecule has 0 N–H and O–H groups in total. The Hall–Kier alpha value is -2.17. The van der Waals surface area contributed by atoms with Crippen molar-refractivity contribution >= 4 is 24.0 Å². The van der Waals surface area contributed by atoms with Crippen LogP contribution in [-0.2, 0) is 4.84 Å². The van der Waals surface area contributed by atoms with Gasteiger partial charge in [-0.3, -0.25) is 9.56 Å². The topological polar surface area (TPSA) is 38.9 Å². The van der Waals surface area contributed by atoms with Gasteiger partial charge in [-0.2, -0.15) is 0 Å². The van der Waals surface area contributed by atoms with E-state index in [0.717, 1.165) is 11.2 Å². The van der Waals surface area contributed by atoms with Crippen LogP contribution in [0.25, 0.3) is 10.9 Å². The molecule has 4 nitrogen and oxygen atoms in total. The van der Waals surface area contributed by atoms with E-state index in [1.54, 1.807) is 16.7 Å². The fourth-order valence-electron chi connectivity index (χ4n) is 1.87. The van der Waals surface area contributed by atoms with Gasteiger partial charge in [-0.25, -0.2) is 4.39 Å². The predicted octanol–water partition coefficient (Wildman–Crippen LogP) is 2.98. The lowest BCUT2D eigenvalue weighted by atomic mass is 10.2. The average Bonchev–Trinajstić information content (AvgIpc) is 2.75. The van der Waals surface area contributed by atoms with Gasteiger partial charge in [0.05, 0.1) is 11.6 Å². The Balaban J connectivity index is 2.71. The highest BCUT2D eigenvalue weighted by atomic mass is 19.1. The third-order valence-corrected chi connectivity index (χ3v) is 2.83. The molecule has 0 aliphatic carbocycles. The number of hydrogen-bond acceptors (Lipinski definition) is 3. The van der Waals surface area contributed by atoms with Crippen LogP contribution in [0.3, 0.4) is 0 Å². The Morgan fingerprint density at radius 2 is 2.28 bits per heavy atom. The van der Waals surface area contributed by atoms with Gasteiger partial charge in [-0.05, 0) is 31.8 Å². The number of rotatable bonds is 4. The molecule has 0 aliphatic rings. The second-order valence-corrected chi connectivity index (χ2v) is 3.87. The smallest absolute Gasteiger partial charge is 0.139 e. The van der Waals surface area contributed by atoms with E-state index in [1.165, 1.54) is 19.5 Å². The Morgan fingerprint density at radius 1 is 1.50 bits per heavy atom. The normalized spacial score (nSPS) is 13.1. The van der Waals surface area contributed by atoms with Gasteiger partial charge in [0.15, 0.2) is 0 Å². The molecule has 2 aromatic rings. The maximum absolute atomic E-state index is 13.7. The lowest BCUT2D eigenvalue weighted by molar-refractivity contribution is 0.214. The average molecular weight is 247 g/mol. The van der Waals surface area contributed by atoms with E-state index in [1.807, 2.05) is 13.0 Å². The fraction of sp³-hybridized carbons (Fsp3) is 0.231. The summed E-state index contributed by atoms with van der Waals surface area (Å²) in [5, 5.41) is 4.26. The predicted molar refractivity (Wildman–Crippen MR) is 70.8 cm³/mol. The van der Waals surface area contributed by atoms with Crippen LogP contribution >= 0.6 is 0 Å². The molecule has 94 valence electrons. The van der Waals surface area contributed by atoms with E-state index in [9.17, 15) is 4.39 Å². The minimum Gasteiger partial charge on any atom is -0.398 e.